The molecule has 3 aromatic carbocycles. The molecular weight excluding hydrogens is 259 g/mol. The summed E-state index contributed by atoms with van der Waals surface area (Å²) in [6.07, 6.45) is 5.19. The van der Waals surface area contributed by atoms with Crippen molar-refractivity contribution in [3.63, 3.8) is 0 Å². The number of fused-ring (bicyclic) bond motifs is 1. The summed E-state index contributed by atoms with van der Waals surface area (Å²) in [5.74, 6) is -0.169. The highest BCUT2D eigenvalue weighted by molar-refractivity contribution is 5.85. The quantitative estimate of drug-likeness (QED) is 0.536. The Morgan fingerprint density at radius 3 is 2.57 bits per heavy atom. The molecule has 105 valence electrons. The van der Waals surface area contributed by atoms with Crippen molar-refractivity contribution in [3.8, 4) is 0 Å². The van der Waals surface area contributed by atoms with E-state index < -0.39 is 0 Å². The Kier molecular flexibility index (Phi) is 4.30. The van der Waals surface area contributed by atoms with E-state index >= 15 is 0 Å². The number of benzene rings is 3. The third-order valence-corrected chi connectivity index (χ3v) is 3.76. The van der Waals surface area contributed by atoms with Crippen LogP contribution in [0.5, 0.6) is 0 Å². The highest BCUT2D eigenvalue weighted by atomic mass is 19.1. The Bertz CT molecular complexity index is 725. The van der Waals surface area contributed by atoms with Gasteiger partial charge < -0.3 is 0 Å². The summed E-state index contributed by atoms with van der Waals surface area (Å²) >= 11 is 0. The van der Waals surface area contributed by atoms with Crippen LogP contribution in [0.4, 0.5) is 4.39 Å². The van der Waals surface area contributed by atoms with Gasteiger partial charge in [0.05, 0.1) is 0 Å². The summed E-state index contributed by atoms with van der Waals surface area (Å²) in [6, 6.07) is 21.7. The lowest BCUT2D eigenvalue weighted by atomic mass is 9.99. The predicted octanol–water partition coefficient (Wildman–Crippen LogP) is 5.55. The molecule has 0 bridgehead atoms. The second-order valence-electron chi connectivity index (χ2n) is 5.29. The molecule has 0 saturated heterocycles. The third kappa shape index (κ3) is 3.49. The van der Waals surface area contributed by atoms with Crippen LogP contribution in [0.15, 0.2) is 66.7 Å². The molecule has 21 heavy (non-hydrogen) atoms. The fourth-order valence-corrected chi connectivity index (χ4v) is 2.71. The van der Waals surface area contributed by atoms with Crippen molar-refractivity contribution in [3.05, 3.63) is 90.1 Å². The lowest BCUT2D eigenvalue weighted by Crippen LogP contribution is -1.90. The van der Waals surface area contributed by atoms with Crippen molar-refractivity contribution < 1.29 is 4.39 Å². The topological polar surface area (TPSA) is 0 Å². The van der Waals surface area contributed by atoms with Gasteiger partial charge in [0.2, 0.25) is 0 Å². The minimum atomic E-state index is -0.169. The second kappa shape index (κ2) is 6.53. The minimum Gasteiger partial charge on any atom is -0.207 e. The monoisotopic (exact) mass is 277 g/mol. The van der Waals surface area contributed by atoms with Crippen LogP contribution in [-0.4, -0.2) is 0 Å². The molecule has 3 rings (SSSR count). The molecule has 0 atom stereocenters. The van der Waals surface area contributed by atoms with Crippen LogP contribution >= 0.6 is 0 Å². The number of halogens is 1. The molecule has 1 heteroatoms. The molecule has 0 nitrogen and oxygen atoms in total. The number of hydrogen-bond donors (Lipinski definition) is 0. The minimum absolute atomic E-state index is 0.169. The lowest BCUT2D eigenvalue weighted by molar-refractivity contribution is 0.626. The van der Waals surface area contributed by atoms with Crippen molar-refractivity contribution in [2.45, 2.75) is 19.3 Å². The van der Waals surface area contributed by atoms with Crippen LogP contribution in [0.2, 0.25) is 0 Å². The molecule has 0 amide bonds. The Labute approximate surface area is 125 Å². The van der Waals surface area contributed by atoms with E-state index in [4.69, 9.17) is 0 Å². The summed E-state index contributed by atoms with van der Waals surface area (Å²) in [5.41, 5.74) is 2.36. The average Bonchev–Trinajstić information content (AvgIpc) is 2.52. The van der Waals surface area contributed by atoms with Crippen LogP contribution in [0.3, 0.4) is 0 Å². The van der Waals surface area contributed by atoms with E-state index in [0.29, 0.717) is 0 Å². The molecule has 0 unspecified atom stereocenters. The number of rotatable bonds is 5. The smallest absolute Gasteiger partial charge is 0.123 e. The van der Waals surface area contributed by atoms with Crippen molar-refractivity contribution in [1.29, 1.82) is 0 Å². The van der Waals surface area contributed by atoms with Gasteiger partial charge in [-0.05, 0) is 59.7 Å². The molecule has 0 fully saturated rings. The van der Waals surface area contributed by atoms with E-state index in [9.17, 15) is 4.39 Å². The first-order chi connectivity index (χ1) is 10.3. The maximum Gasteiger partial charge on any atom is 0.123 e. The Morgan fingerprint density at radius 2 is 1.67 bits per heavy atom. The fraction of sp³-hybridized carbons (Fsp3) is 0.150. The van der Waals surface area contributed by atoms with E-state index in [-0.39, 0.29) is 5.82 Å². The standard InChI is InChI=1S/C20H18F/c21-19-13-5-8-16(15-19)7-1-2-9-17-11-6-12-18-10-3-4-14-20(17)18/h3-8,10-15H,1-2,9H2. The maximum atomic E-state index is 13.1. The highest BCUT2D eigenvalue weighted by Crippen LogP contribution is 2.20. The average molecular weight is 277 g/mol. The summed E-state index contributed by atoms with van der Waals surface area (Å²) < 4.78 is 13.1. The lowest BCUT2D eigenvalue weighted by Gasteiger charge is -2.06. The molecule has 0 heterocycles. The van der Waals surface area contributed by atoms with Crippen molar-refractivity contribution in [2.24, 2.45) is 0 Å². The SMILES string of the molecule is Fc1cccc([CH]CCCc2cccc3ccccc23)c1. The zero-order valence-electron chi connectivity index (χ0n) is 11.9. The van der Waals surface area contributed by atoms with Gasteiger partial charge in [-0.15, -0.1) is 0 Å². The Hall–Kier alpha value is -2.15. The van der Waals surface area contributed by atoms with Gasteiger partial charge >= 0.3 is 0 Å². The second-order valence-corrected chi connectivity index (χ2v) is 5.29. The van der Waals surface area contributed by atoms with Gasteiger partial charge in [-0.2, -0.15) is 0 Å². The van der Waals surface area contributed by atoms with Gasteiger partial charge in [0, 0.05) is 0 Å². The van der Waals surface area contributed by atoms with E-state index in [1.807, 2.05) is 6.07 Å². The van der Waals surface area contributed by atoms with Crippen molar-refractivity contribution in [2.75, 3.05) is 0 Å². The number of aryl methyl sites for hydroxylation is 1. The number of unbranched alkanes of at least 4 members (excludes halogenated alkanes) is 1. The van der Waals surface area contributed by atoms with Gasteiger partial charge in [0.1, 0.15) is 5.82 Å². The van der Waals surface area contributed by atoms with Crippen LogP contribution < -0.4 is 0 Å². The van der Waals surface area contributed by atoms with Crippen LogP contribution in [0.1, 0.15) is 24.0 Å². The summed E-state index contributed by atoms with van der Waals surface area (Å²) in [6.45, 7) is 0. The highest BCUT2D eigenvalue weighted by Gasteiger charge is 2.01. The van der Waals surface area contributed by atoms with Crippen molar-refractivity contribution in [1.82, 2.24) is 0 Å². The van der Waals surface area contributed by atoms with Crippen LogP contribution in [0, 0.1) is 12.2 Å². The van der Waals surface area contributed by atoms with E-state index in [1.54, 1.807) is 12.1 Å². The summed E-state index contributed by atoms with van der Waals surface area (Å²) in [4.78, 5) is 0. The molecule has 0 aromatic heterocycles. The van der Waals surface area contributed by atoms with Gasteiger partial charge in [0.15, 0.2) is 0 Å². The van der Waals surface area contributed by atoms with Gasteiger partial charge in [-0.3, -0.25) is 0 Å². The first kappa shape index (κ1) is 13.8. The maximum absolute atomic E-state index is 13.1. The third-order valence-electron chi connectivity index (χ3n) is 3.76. The van der Waals surface area contributed by atoms with Crippen LogP contribution in [0.25, 0.3) is 10.8 Å². The largest absolute Gasteiger partial charge is 0.207 e. The molecule has 0 N–H and O–H groups in total. The molecule has 0 saturated carbocycles. The molecule has 3 aromatic rings. The molecule has 0 aliphatic carbocycles. The molecule has 0 spiro atoms. The van der Waals surface area contributed by atoms with Gasteiger partial charge in [-0.25, -0.2) is 4.39 Å². The van der Waals surface area contributed by atoms with Crippen LogP contribution in [-0.2, 0) is 6.42 Å². The van der Waals surface area contributed by atoms with Gasteiger partial charge in [0.25, 0.3) is 0 Å². The fourth-order valence-electron chi connectivity index (χ4n) is 2.71. The van der Waals surface area contributed by atoms with E-state index in [0.717, 1.165) is 24.8 Å². The molecule has 1 radical (unpaired) electrons. The van der Waals surface area contributed by atoms with E-state index in [1.165, 1.54) is 22.4 Å². The molecule has 0 aliphatic rings. The first-order valence-electron chi connectivity index (χ1n) is 7.38. The van der Waals surface area contributed by atoms with E-state index in [2.05, 4.69) is 48.9 Å². The van der Waals surface area contributed by atoms with Crippen molar-refractivity contribution >= 4 is 10.8 Å². The predicted molar refractivity (Wildman–Crippen MR) is 86.7 cm³/mol. The first-order valence-corrected chi connectivity index (χ1v) is 7.38. The molecular formula is C20H18F. The zero-order valence-corrected chi connectivity index (χ0v) is 11.9. The zero-order chi connectivity index (χ0) is 14.5. The number of hydrogen-bond acceptors (Lipinski definition) is 0. The summed E-state index contributed by atoms with van der Waals surface area (Å²) in [5, 5.41) is 2.63. The normalized spacial score (nSPS) is 10.9. The van der Waals surface area contributed by atoms with Gasteiger partial charge in [-0.1, -0.05) is 54.6 Å². The summed E-state index contributed by atoms with van der Waals surface area (Å²) in [7, 11) is 0. The Morgan fingerprint density at radius 1 is 0.857 bits per heavy atom. The Balaban J connectivity index is 1.60. The molecule has 0 aliphatic heterocycles.